The number of nitrogens with one attached hydrogen (secondary N) is 1. The van der Waals surface area contributed by atoms with Crippen molar-refractivity contribution in [2.45, 2.75) is 32.4 Å². The zero-order chi connectivity index (χ0) is 22.3. The van der Waals surface area contributed by atoms with E-state index in [1.165, 1.54) is 5.56 Å². The second-order valence-electron chi connectivity index (χ2n) is 8.29. The van der Waals surface area contributed by atoms with E-state index in [1.54, 1.807) is 6.07 Å². The van der Waals surface area contributed by atoms with E-state index in [-0.39, 0.29) is 11.9 Å². The SMILES string of the molecule is CC(c1ccccc1C(=O)NCCC=Cc1ccccc1)N1CCc2ccc(O)cc2C1. The highest BCUT2D eigenvalue weighted by Crippen LogP contribution is 2.30. The Bertz CT molecular complexity index is 1090. The summed E-state index contributed by atoms with van der Waals surface area (Å²) in [5, 5.41) is 12.9. The number of rotatable bonds is 7. The van der Waals surface area contributed by atoms with Crippen molar-refractivity contribution >= 4 is 12.0 Å². The highest BCUT2D eigenvalue weighted by molar-refractivity contribution is 5.95. The van der Waals surface area contributed by atoms with Crippen LogP contribution in [0.4, 0.5) is 0 Å². The van der Waals surface area contributed by atoms with Gasteiger partial charge in [-0.15, -0.1) is 0 Å². The van der Waals surface area contributed by atoms with E-state index in [0.29, 0.717) is 12.3 Å². The van der Waals surface area contributed by atoms with Gasteiger partial charge in [0.2, 0.25) is 0 Å². The average Bonchev–Trinajstić information content (AvgIpc) is 2.83. The van der Waals surface area contributed by atoms with Crippen molar-refractivity contribution in [2.75, 3.05) is 13.1 Å². The van der Waals surface area contributed by atoms with Gasteiger partial charge in [0.25, 0.3) is 5.91 Å². The molecule has 3 aromatic rings. The van der Waals surface area contributed by atoms with E-state index in [0.717, 1.165) is 48.2 Å². The number of benzene rings is 3. The van der Waals surface area contributed by atoms with Gasteiger partial charge in [-0.2, -0.15) is 0 Å². The summed E-state index contributed by atoms with van der Waals surface area (Å²) >= 11 is 0. The van der Waals surface area contributed by atoms with E-state index in [9.17, 15) is 9.90 Å². The molecule has 1 amide bonds. The fraction of sp³-hybridized carbons (Fsp3) is 0.250. The molecule has 0 aliphatic carbocycles. The topological polar surface area (TPSA) is 52.6 Å². The lowest BCUT2D eigenvalue weighted by Gasteiger charge is -2.34. The van der Waals surface area contributed by atoms with Gasteiger partial charge in [-0.05, 0) is 60.2 Å². The highest BCUT2D eigenvalue weighted by atomic mass is 16.3. The van der Waals surface area contributed by atoms with Crippen LogP contribution in [0.15, 0.2) is 78.9 Å². The Hall–Kier alpha value is -3.37. The first-order chi connectivity index (χ1) is 15.6. The molecule has 0 radical (unpaired) electrons. The smallest absolute Gasteiger partial charge is 0.251 e. The van der Waals surface area contributed by atoms with Crippen LogP contribution in [0, 0.1) is 0 Å². The van der Waals surface area contributed by atoms with Crippen LogP contribution in [0.3, 0.4) is 0 Å². The van der Waals surface area contributed by atoms with Gasteiger partial charge in [-0.1, -0.05) is 66.7 Å². The number of fused-ring (bicyclic) bond motifs is 1. The van der Waals surface area contributed by atoms with Gasteiger partial charge >= 0.3 is 0 Å². The van der Waals surface area contributed by atoms with Crippen LogP contribution in [0.1, 0.15) is 52.0 Å². The summed E-state index contributed by atoms with van der Waals surface area (Å²) in [4.78, 5) is 15.3. The number of phenols is 1. The van der Waals surface area contributed by atoms with Gasteiger partial charge in [-0.3, -0.25) is 9.69 Å². The summed E-state index contributed by atoms with van der Waals surface area (Å²) in [6, 6.07) is 23.8. The van der Waals surface area contributed by atoms with Gasteiger partial charge in [-0.25, -0.2) is 0 Å². The molecule has 164 valence electrons. The molecule has 0 spiro atoms. The third-order valence-electron chi connectivity index (χ3n) is 6.14. The summed E-state index contributed by atoms with van der Waals surface area (Å²) in [6.45, 7) is 4.45. The fourth-order valence-corrected chi connectivity index (χ4v) is 4.31. The van der Waals surface area contributed by atoms with Crippen LogP contribution >= 0.6 is 0 Å². The minimum atomic E-state index is -0.0318. The summed E-state index contributed by atoms with van der Waals surface area (Å²) in [5.41, 5.74) is 5.38. The molecule has 0 bridgehead atoms. The maximum absolute atomic E-state index is 12.9. The van der Waals surface area contributed by atoms with Crippen LogP contribution in [0.2, 0.25) is 0 Å². The molecule has 3 aromatic carbocycles. The summed E-state index contributed by atoms with van der Waals surface area (Å²) in [7, 11) is 0. The van der Waals surface area contributed by atoms with Crippen LogP contribution < -0.4 is 5.32 Å². The van der Waals surface area contributed by atoms with Crippen LogP contribution in [0.25, 0.3) is 6.08 Å². The van der Waals surface area contributed by atoms with E-state index < -0.39 is 0 Å². The Balaban J connectivity index is 1.38. The van der Waals surface area contributed by atoms with Crippen molar-refractivity contribution in [2.24, 2.45) is 0 Å². The molecule has 0 saturated carbocycles. The maximum Gasteiger partial charge on any atom is 0.251 e. The third-order valence-corrected chi connectivity index (χ3v) is 6.14. The standard InChI is InChI=1S/C28H30N2O2/c1-21(30-18-16-23-14-15-25(31)19-24(23)20-30)26-12-5-6-13-27(26)28(32)29-17-8-7-11-22-9-3-2-4-10-22/h2-7,9-15,19,21,31H,8,16-18,20H2,1H3,(H,29,32). The molecule has 1 atom stereocenters. The van der Waals surface area contributed by atoms with Gasteiger partial charge in [0.05, 0.1) is 0 Å². The number of amides is 1. The Kier molecular flexibility index (Phi) is 7.03. The number of hydrogen-bond donors (Lipinski definition) is 2. The van der Waals surface area contributed by atoms with Gasteiger partial charge in [0.15, 0.2) is 0 Å². The fourth-order valence-electron chi connectivity index (χ4n) is 4.31. The quantitative estimate of drug-likeness (QED) is 0.501. The zero-order valence-electron chi connectivity index (χ0n) is 18.5. The van der Waals surface area contributed by atoms with Crippen molar-refractivity contribution in [3.8, 4) is 5.75 Å². The highest BCUT2D eigenvalue weighted by Gasteiger charge is 2.24. The normalized spacial score (nSPS) is 14.8. The Labute approximate surface area is 190 Å². The predicted octanol–water partition coefficient (Wildman–Crippen LogP) is 5.34. The first-order valence-corrected chi connectivity index (χ1v) is 11.3. The largest absolute Gasteiger partial charge is 0.508 e. The first-order valence-electron chi connectivity index (χ1n) is 11.3. The Morgan fingerprint density at radius 1 is 1.06 bits per heavy atom. The number of nitrogens with zero attached hydrogens (tertiary/aromatic N) is 1. The second-order valence-corrected chi connectivity index (χ2v) is 8.29. The monoisotopic (exact) mass is 426 g/mol. The lowest BCUT2D eigenvalue weighted by molar-refractivity contribution is 0.0950. The number of hydrogen-bond acceptors (Lipinski definition) is 3. The zero-order valence-corrected chi connectivity index (χ0v) is 18.5. The maximum atomic E-state index is 12.9. The average molecular weight is 427 g/mol. The minimum Gasteiger partial charge on any atom is -0.508 e. The van der Waals surface area contributed by atoms with E-state index in [4.69, 9.17) is 0 Å². The predicted molar refractivity (Wildman–Crippen MR) is 130 cm³/mol. The summed E-state index contributed by atoms with van der Waals surface area (Å²) in [6.07, 6.45) is 5.89. The molecule has 4 rings (SSSR count). The molecule has 1 aliphatic rings. The second kappa shape index (κ2) is 10.3. The molecule has 1 heterocycles. The molecule has 0 aromatic heterocycles. The number of phenolic OH excluding ortho intramolecular Hbond substituents is 1. The Morgan fingerprint density at radius 2 is 1.84 bits per heavy atom. The molecule has 32 heavy (non-hydrogen) atoms. The van der Waals surface area contributed by atoms with E-state index in [2.05, 4.69) is 41.4 Å². The van der Waals surface area contributed by atoms with Crippen molar-refractivity contribution in [1.82, 2.24) is 10.2 Å². The molecule has 2 N–H and O–H groups in total. The lowest BCUT2D eigenvalue weighted by atomic mass is 9.94. The molecular weight excluding hydrogens is 396 g/mol. The number of aromatic hydroxyl groups is 1. The van der Waals surface area contributed by atoms with E-state index in [1.807, 2.05) is 54.6 Å². The lowest BCUT2D eigenvalue weighted by Crippen LogP contribution is -2.34. The van der Waals surface area contributed by atoms with Gasteiger partial charge in [0.1, 0.15) is 5.75 Å². The first kappa shape index (κ1) is 21.8. The molecule has 1 unspecified atom stereocenters. The Morgan fingerprint density at radius 3 is 2.69 bits per heavy atom. The minimum absolute atomic E-state index is 0.0318. The molecular formula is C28H30N2O2. The van der Waals surface area contributed by atoms with Gasteiger partial charge < -0.3 is 10.4 Å². The number of carbonyl (C=O) groups excluding carboxylic acids is 1. The molecule has 1 aliphatic heterocycles. The molecule has 4 heteroatoms. The summed E-state index contributed by atoms with van der Waals surface area (Å²) < 4.78 is 0. The third kappa shape index (κ3) is 5.27. The molecule has 0 saturated heterocycles. The molecule has 4 nitrogen and oxygen atoms in total. The molecule has 0 fully saturated rings. The summed E-state index contributed by atoms with van der Waals surface area (Å²) in [5.74, 6) is 0.273. The van der Waals surface area contributed by atoms with Crippen molar-refractivity contribution < 1.29 is 9.90 Å². The van der Waals surface area contributed by atoms with Crippen molar-refractivity contribution in [1.29, 1.82) is 0 Å². The van der Waals surface area contributed by atoms with Crippen LogP contribution in [-0.4, -0.2) is 29.0 Å². The van der Waals surface area contributed by atoms with Crippen molar-refractivity contribution in [3.63, 3.8) is 0 Å². The number of carbonyl (C=O) groups is 1. The van der Waals surface area contributed by atoms with E-state index >= 15 is 0 Å². The van der Waals surface area contributed by atoms with Crippen LogP contribution in [-0.2, 0) is 13.0 Å². The van der Waals surface area contributed by atoms with Gasteiger partial charge in [0, 0.05) is 31.2 Å². The van der Waals surface area contributed by atoms with Crippen LogP contribution in [0.5, 0.6) is 5.75 Å². The van der Waals surface area contributed by atoms with Crippen molar-refractivity contribution in [3.05, 3.63) is 107 Å².